The fraction of sp³-hybridized carbons (Fsp3) is 0.500. The van der Waals surface area contributed by atoms with Crippen molar-refractivity contribution in [3.8, 4) is 0 Å². The van der Waals surface area contributed by atoms with Gasteiger partial charge in [0.05, 0.1) is 6.42 Å². The van der Waals surface area contributed by atoms with Gasteiger partial charge in [0.15, 0.2) is 5.58 Å². The molecule has 0 unspecified atom stereocenters. The van der Waals surface area contributed by atoms with E-state index in [2.05, 4.69) is 10.5 Å². The van der Waals surface area contributed by atoms with Gasteiger partial charge in [-0.25, -0.2) is 0 Å². The van der Waals surface area contributed by atoms with E-state index in [1.54, 1.807) is 0 Å². The van der Waals surface area contributed by atoms with Crippen LogP contribution < -0.4 is 5.32 Å². The van der Waals surface area contributed by atoms with Crippen molar-refractivity contribution < 1.29 is 9.32 Å². The maximum absolute atomic E-state index is 11.9. The Hall–Kier alpha value is -1.84. The highest BCUT2D eigenvalue weighted by Gasteiger charge is 2.15. The second-order valence-electron chi connectivity index (χ2n) is 5.59. The van der Waals surface area contributed by atoms with Gasteiger partial charge in [-0.15, -0.1) is 0 Å². The standard InChI is InChI=1S/C16H20N2O2/c19-16(17-10-9-12-5-1-2-6-12)11-14-13-7-3-4-8-15(13)20-18-14/h3-4,7-8,12H,1-2,5-6,9-11H2,(H,17,19). The number of carbonyl (C=O) groups excluding carboxylic acids is 1. The highest BCUT2D eigenvalue weighted by molar-refractivity contribution is 5.86. The summed E-state index contributed by atoms with van der Waals surface area (Å²) in [7, 11) is 0. The highest BCUT2D eigenvalue weighted by atomic mass is 16.5. The lowest BCUT2D eigenvalue weighted by Crippen LogP contribution is -2.27. The summed E-state index contributed by atoms with van der Waals surface area (Å²) in [6.45, 7) is 0.777. The third kappa shape index (κ3) is 3.00. The molecule has 106 valence electrons. The van der Waals surface area contributed by atoms with Gasteiger partial charge in [-0.2, -0.15) is 0 Å². The molecule has 1 aliphatic rings. The van der Waals surface area contributed by atoms with Crippen LogP contribution in [0.2, 0.25) is 0 Å². The molecule has 20 heavy (non-hydrogen) atoms. The quantitative estimate of drug-likeness (QED) is 0.910. The molecule has 1 saturated carbocycles. The van der Waals surface area contributed by atoms with Crippen molar-refractivity contribution in [3.05, 3.63) is 30.0 Å². The molecule has 0 saturated heterocycles. The predicted molar refractivity (Wildman–Crippen MR) is 77.3 cm³/mol. The predicted octanol–water partition coefficient (Wildman–Crippen LogP) is 3.07. The van der Waals surface area contributed by atoms with Crippen LogP contribution in [0.1, 0.15) is 37.8 Å². The van der Waals surface area contributed by atoms with Gasteiger partial charge in [-0.1, -0.05) is 43.0 Å². The number of nitrogens with one attached hydrogen (secondary N) is 1. The average Bonchev–Trinajstić information content (AvgIpc) is 3.09. The van der Waals surface area contributed by atoms with E-state index in [1.165, 1.54) is 25.7 Å². The second kappa shape index (κ2) is 6.07. The van der Waals surface area contributed by atoms with E-state index in [4.69, 9.17) is 4.52 Å². The van der Waals surface area contributed by atoms with Gasteiger partial charge in [-0.3, -0.25) is 4.79 Å². The van der Waals surface area contributed by atoms with Crippen LogP contribution in [0.5, 0.6) is 0 Å². The maximum Gasteiger partial charge on any atom is 0.226 e. The van der Waals surface area contributed by atoms with Crippen LogP contribution >= 0.6 is 0 Å². The number of carbonyl (C=O) groups is 1. The molecule has 4 heteroatoms. The van der Waals surface area contributed by atoms with Crippen molar-refractivity contribution in [1.82, 2.24) is 10.5 Å². The largest absolute Gasteiger partial charge is 0.356 e. The first-order valence-electron chi connectivity index (χ1n) is 7.43. The number of hydrogen-bond donors (Lipinski definition) is 1. The number of nitrogens with zero attached hydrogens (tertiary/aromatic N) is 1. The number of rotatable bonds is 5. The molecule has 0 radical (unpaired) electrons. The van der Waals surface area contributed by atoms with Gasteiger partial charge >= 0.3 is 0 Å². The van der Waals surface area contributed by atoms with E-state index < -0.39 is 0 Å². The van der Waals surface area contributed by atoms with Gasteiger partial charge in [0.2, 0.25) is 5.91 Å². The molecular weight excluding hydrogens is 252 g/mol. The zero-order valence-corrected chi connectivity index (χ0v) is 11.6. The Morgan fingerprint density at radius 1 is 1.30 bits per heavy atom. The molecule has 0 spiro atoms. The minimum Gasteiger partial charge on any atom is -0.356 e. The number of aromatic nitrogens is 1. The topological polar surface area (TPSA) is 55.1 Å². The average molecular weight is 272 g/mol. The van der Waals surface area contributed by atoms with Gasteiger partial charge < -0.3 is 9.84 Å². The van der Waals surface area contributed by atoms with Crippen molar-refractivity contribution in [1.29, 1.82) is 0 Å². The lowest BCUT2D eigenvalue weighted by Gasteiger charge is -2.09. The Labute approximate surface area is 118 Å². The van der Waals surface area contributed by atoms with Gasteiger partial charge in [0, 0.05) is 11.9 Å². The lowest BCUT2D eigenvalue weighted by molar-refractivity contribution is -0.120. The van der Waals surface area contributed by atoms with E-state index in [0.717, 1.165) is 35.5 Å². The van der Waals surface area contributed by atoms with Crippen molar-refractivity contribution in [2.24, 2.45) is 5.92 Å². The van der Waals surface area contributed by atoms with E-state index in [9.17, 15) is 4.79 Å². The molecule has 1 aromatic heterocycles. The third-order valence-corrected chi connectivity index (χ3v) is 4.13. The van der Waals surface area contributed by atoms with Gasteiger partial charge in [0.25, 0.3) is 0 Å². The van der Waals surface area contributed by atoms with E-state index in [-0.39, 0.29) is 5.91 Å². The van der Waals surface area contributed by atoms with Crippen LogP contribution in [-0.2, 0) is 11.2 Å². The summed E-state index contributed by atoms with van der Waals surface area (Å²) in [6.07, 6.45) is 6.74. The summed E-state index contributed by atoms with van der Waals surface area (Å²) < 4.78 is 5.21. The molecule has 2 aromatic rings. The number of fused-ring (bicyclic) bond motifs is 1. The number of benzene rings is 1. The summed E-state index contributed by atoms with van der Waals surface area (Å²) in [5.74, 6) is 0.838. The third-order valence-electron chi connectivity index (χ3n) is 4.13. The molecule has 0 atom stereocenters. The Bertz CT molecular complexity index is 585. The molecule has 1 fully saturated rings. The number of para-hydroxylation sites is 1. The summed E-state index contributed by atoms with van der Waals surface area (Å²) in [6, 6.07) is 7.64. The Balaban J connectivity index is 1.50. The number of hydrogen-bond acceptors (Lipinski definition) is 3. The molecule has 1 N–H and O–H groups in total. The first-order chi connectivity index (χ1) is 9.83. The van der Waals surface area contributed by atoms with E-state index in [0.29, 0.717) is 6.42 Å². The van der Waals surface area contributed by atoms with Crippen molar-refractivity contribution in [3.63, 3.8) is 0 Å². The highest BCUT2D eigenvalue weighted by Crippen LogP contribution is 2.26. The molecule has 0 aliphatic heterocycles. The Kier molecular flexibility index (Phi) is 4.00. The first-order valence-corrected chi connectivity index (χ1v) is 7.43. The van der Waals surface area contributed by atoms with Gasteiger partial charge in [-0.05, 0) is 24.5 Å². The summed E-state index contributed by atoms with van der Waals surface area (Å²) in [5, 5.41) is 7.91. The van der Waals surface area contributed by atoms with Crippen LogP contribution in [0.3, 0.4) is 0 Å². The minimum atomic E-state index is 0.0297. The lowest BCUT2D eigenvalue weighted by atomic mass is 10.0. The number of amides is 1. The van der Waals surface area contributed by atoms with Crippen LogP contribution in [0, 0.1) is 5.92 Å². The van der Waals surface area contributed by atoms with Crippen LogP contribution in [0.25, 0.3) is 11.0 Å². The zero-order valence-electron chi connectivity index (χ0n) is 11.6. The molecule has 1 amide bonds. The van der Waals surface area contributed by atoms with Gasteiger partial charge in [0.1, 0.15) is 5.69 Å². The SMILES string of the molecule is O=C(Cc1noc2ccccc12)NCCC1CCCC1. The van der Waals surface area contributed by atoms with Crippen molar-refractivity contribution in [2.45, 2.75) is 38.5 Å². The summed E-state index contributed by atoms with van der Waals surface area (Å²) >= 11 is 0. The fourth-order valence-corrected chi connectivity index (χ4v) is 2.99. The minimum absolute atomic E-state index is 0.0297. The molecule has 1 aromatic carbocycles. The maximum atomic E-state index is 11.9. The molecule has 0 bridgehead atoms. The summed E-state index contributed by atoms with van der Waals surface area (Å²) in [5.41, 5.74) is 1.46. The molecule has 1 heterocycles. The van der Waals surface area contributed by atoms with Crippen LogP contribution in [0.4, 0.5) is 0 Å². The van der Waals surface area contributed by atoms with Crippen molar-refractivity contribution >= 4 is 16.9 Å². The van der Waals surface area contributed by atoms with Crippen LogP contribution in [-0.4, -0.2) is 17.6 Å². The van der Waals surface area contributed by atoms with Crippen LogP contribution in [0.15, 0.2) is 28.8 Å². The Morgan fingerprint density at radius 2 is 2.10 bits per heavy atom. The van der Waals surface area contributed by atoms with E-state index in [1.807, 2.05) is 24.3 Å². The normalized spacial score (nSPS) is 15.8. The first kappa shape index (κ1) is 13.2. The smallest absolute Gasteiger partial charge is 0.226 e. The second-order valence-corrected chi connectivity index (χ2v) is 5.59. The molecule has 3 rings (SSSR count). The molecular formula is C16H20N2O2. The monoisotopic (exact) mass is 272 g/mol. The van der Waals surface area contributed by atoms with E-state index >= 15 is 0 Å². The Morgan fingerprint density at radius 3 is 2.95 bits per heavy atom. The summed E-state index contributed by atoms with van der Waals surface area (Å²) in [4.78, 5) is 11.9. The zero-order chi connectivity index (χ0) is 13.8. The fourth-order valence-electron chi connectivity index (χ4n) is 2.99. The molecule has 1 aliphatic carbocycles. The molecule has 4 nitrogen and oxygen atoms in total. The van der Waals surface area contributed by atoms with Crippen molar-refractivity contribution in [2.75, 3.05) is 6.54 Å².